The molecule has 9 heteroatoms. The van der Waals surface area contributed by atoms with Gasteiger partial charge in [-0.25, -0.2) is 14.4 Å². The SMILES string of the molecule is COc1cc2c(Nc3cccc(Cl)c3F)ncnc2cc1OCC1CN(C)CCO1. The molecule has 1 aliphatic heterocycles. The molecule has 0 saturated carbocycles. The van der Waals surface area contributed by atoms with Gasteiger partial charge in [-0.3, -0.25) is 0 Å². The van der Waals surface area contributed by atoms with Gasteiger partial charge in [0.05, 0.1) is 29.9 Å². The Kier molecular flexibility index (Phi) is 6.17. The summed E-state index contributed by atoms with van der Waals surface area (Å²) < 4.78 is 31.5. The van der Waals surface area contributed by atoms with Gasteiger partial charge < -0.3 is 24.4 Å². The number of ether oxygens (including phenoxy) is 3. The number of halogens is 2. The second kappa shape index (κ2) is 8.99. The zero-order valence-electron chi connectivity index (χ0n) is 16.7. The topological polar surface area (TPSA) is 68.7 Å². The highest BCUT2D eigenvalue weighted by Crippen LogP contribution is 2.35. The van der Waals surface area contributed by atoms with Gasteiger partial charge in [-0.05, 0) is 25.2 Å². The van der Waals surface area contributed by atoms with Crippen LogP contribution in [0.3, 0.4) is 0 Å². The molecule has 0 aliphatic carbocycles. The van der Waals surface area contributed by atoms with Crippen LogP contribution in [-0.2, 0) is 4.74 Å². The monoisotopic (exact) mass is 432 g/mol. The van der Waals surface area contributed by atoms with Crippen molar-refractivity contribution in [1.29, 1.82) is 0 Å². The molecule has 4 rings (SSSR count). The molecule has 1 fully saturated rings. The highest BCUT2D eigenvalue weighted by Gasteiger charge is 2.20. The van der Waals surface area contributed by atoms with Gasteiger partial charge in [-0.2, -0.15) is 0 Å². The third-order valence-corrected chi connectivity index (χ3v) is 5.18. The van der Waals surface area contributed by atoms with Gasteiger partial charge in [0.1, 0.15) is 24.9 Å². The van der Waals surface area contributed by atoms with Crippen molar-refractivity contribution in [2.45, 2.75) is 6.10 Å². The van der Waals surface area contributed by atoms with Crippen molar-refractivity contribution in [2.75, 3.05) is 45.8 Å². The number of nitrogens with zero attached hydrogens (tertiary/aromatic N) is 3. The first kappa shape index (κ1) is 20.6. The van der Waals surface area contributed by atoms with Gasteiger partial charge in [0.25, 0.3) is 0 Å². The van der Waals surface area contributed by atoms with Crippen LogP contribution in [0.5, 0.6) is 11.5 Å². The van der Waals surface area contributed by atoms with E-state index >= 15 is 0 Å². The van der Waals surface area contributed by atoms with E-state index in [4.69, 9.17) is 25.8 Å². The third-order valence-electron chi connectivity index (χ3n) is 4.89. The van der Waals surface area contributed by atoms with Crippen molar-refractivity contribution in [2.24, 2.45) is 0 Å². The molecular formula is C21H22ClFN4O3. The first-order valence-corrected chi connectivity index (χ1v) is 9.89. The smallest absolute Gasteiger partial charge is 0.165 e. The van der Waals surface area contributed by atoms with E-state index in [-0.39, 0.29) is 16.8 Å². The van der Waals surface area contributed by atoms with Crippen LogP contribution in [0.2, 0.25) is 5.02 Å². The van der Waals surface area contributed by atoms with E-state index in [1.807, 2.05) is 0 Å². The van der Waals surface area contributed by atoms with Gasteiger partial charge >= 0.3 is 0 Å². The molecule has 0 radical (unpaired) electrons. The zero-order valence-corrected chi connectivity index (χ0v) is 17.4. The molecule has 1 saturated heterocycles. The Labute approximate surface area is 178 Å². The van der Waals surface area contributed by atoms with Crippen molar-refractivity contribution >= 4 is 34.0 Å². The lowest BCUT2D eigenvalue weighted by Crippen LogP contribution is -2.42. The average molecular weight is 433 g/mol. The molecule has 1 unspecified atom stereocenters. The van der Waals surface area contributed by atoms with Crippen LogP contribution in [-0.4, -0.2) is 61.4 Å². The van der Waals surface area contributed by atoms with E-state index in [0.29, 0.717) is 41.4 Å². The number of aromatic nitrogens is 2. The minimum Gasteiger partial charge on any atom is -0.493 e. The van der Waals surface area contributed by atoms with Crippen LogP contribution in [0.4, 0.5) is 15.9 Å². The summed E-state index contributed by atoms with van der Waals surface area (Å²) in [5, 5.41) is 3.67. The Balaban J connectivity index is 1.61. The van der Waals surface area contributed by atoms with Crippen LogP contribution < -0.4 is 14.8 Å². The standard InChI is InChI=1S/C21H22ClFN4O3/c1-27-6-7-29-13(10-27)11-30-19-9-17-14(8-18(19)28-2)21(25-12-24-17)26-16-5-3-4-15(22)20(16)23/h3-5,8-9,12-13H,6-7,10-11H2,1-2H3,(H,24,25,26). The second-order valence-electron chi connectivity index (χ2n) is 7.03. The van der Waals surface area contributed by atoms with Crippen molar-refractivity contribution < 1.29 is 18.6 Å². The highest BCUT2D eigenvalue weighted by atomic mass is 35.5. The lowest BCUT2D eigenvalue weighted by atomic mass is 10.2. The molecule has 0 bridgehead atoms. The molecule has 3 aromatic rings. The molecule has 2 aromatic carbocycles. The molecule has 1 aliphatic rings. The maximum atomic E-state index is 14.3. The number of benzene rings is 2. The Morgan fingerprint density at radius 3 is 2.97 bits per heavy atom. The van der Waals surface area contributed by atoms with Crippen LogP contribution >= 0.6 is 11.6 Å². The van der Waals surface area contributed by atoms with Gasteiger partial charge in [-0.1, -0.05) is 17.7 Å². The number of methoxy groups -OCH3 is 1. The van der Waals surface area contributed by atoms with Crippen molar-refractivity contribution in [3.63, 3.8) is 0 Å². The molecular weight excluding hydrogens is 411 g/mol. The molecule has 1 atom stereocenters. The van der Waals surface area contributed by atoms with Crippen molar-refractivity contribution in [3.05, 3.63) is 47.5 Å². The van der Waals surface area contributed by atoms with E-state index in [1.54, 1.807) is 31.4 Å². The van der Waals surface area contributed by atoms with Crippen LogP contribution in [0.1, 0.15) is 0 Å². The first-order valence-electron chi connectivity index (χ1n) is 9.52. The lowest BCUT2D eigenvalue weighted by Gasteiger charge is -2.30. The predicted octanol–water partition coefficient (Wildman–Crippen LogP) is 3.88. The lowest BCUT2D eigenvalue weighted by molar-refractivity contribution is -0.0406. The third kappa shape index (κ3) is 4.40. The molecule has 30 heavy (non-hydrogen) atoms. The quantitative estimate of drug-likeness (QED) is 0.633. The van der Waals surface area contributed by atoms with E-state index < -0.39 is 5.82 Å². The summed E-state index contributed by atoms with van der Waals surface area (Å²) in [6, 6.07) is 8.28. The number of morpholine rings is 1. The van der Waals surface area contributed by atoms with Gasteiger partial charge in [0.2, 0.25) is 0 Å². The summed E-state index contributed by atoms with van der Waals surface area (Å²) in [5.74, 6) is 0.968. The Morgan fingerprint density at radius 2 is 2.17 bits per heavy atom. The Morgan fingerprint density at radius 1 is 1.30 bits per heavy atom. The fraction of sp³-hybridized carbons (Fsp3) is 0.333. The van der Waals surface area contributed by atoms with E-state index in [1.165, 1.54) is 12.4 Å². The maximum Gasteiger partial charge on any atom is 0.165 e. The minimum absolute atomic E-state index is 0.0161. The predicted molar refractivity (Wildman–Crippen MR) is 114 cm³/mol. The minimum atomic E-state index is -0.546. The molecule has 0 spiro atoms. The fourth-order valence-corrected chi connectivity index (χ4v) is 3.49. The Hall–Kier alpha value is -2.68. The summed E-state index contributed by atoms with van der Waals surface area (Å²) in [6.07, 6.45) is 1.39. The summed E-state index contributed by atoms with van der Waals surface area (Å²) in [7, 11) is 3.62. The van der Waals surface area contributed by atoms with Crippen LogP contribution in [0.25, 0.3) is 10.9 Å². The molecule has 0 amide bonds. The number of hydrogen-bond donors (Lipinski definition) is 1. The molecule has 1 N–H and O–H groups in total. The average Bonchev–Trinajstić information content (AvgIpc) is 2.75. The van der Waals surface area contributed by atoms with Crippen molar-refractivity contribution in [1.82, 2.24) is 14.9 Å². The van der Waals surface area contributed by atoms with Gasteiger partial charge in [0, 0.05) is 24.5 Å². The van der Waals surface area contributed by atoms with Crippen LogP contribution in [0.15, 0.2) is 36.7 Å². The number of fused-ring (bicyclic) bond motifs is 1. The molecule has 1 aromatic heterocycles. The highest BCUT2D eigenvalue weighted by molar-refractivity contribution is 6.31. The normalized spacial score (nSPS) is 17.1. The number of hydrogen-bond acceptors (Lipinski definition) is 7. The molecule has 2 heterocycles. The largest absolute Gasteiger partial charge is 0.493 e. The number of anilines is 2. The van der Waals surface area contributed by atoms with Gasteiger partial charge in [0.15, 0.2) is 17.3 Å². The summed E-state index contributed by atoms with van der Waals surface area (Å²) in [5.41, 5.74) is 0.854. The summed E-state index contributed by atoms with van der Waals surface area (Å²) in [4.78, 5) is 10.8. The van der Waals surface area contributed by atoms with Crippen LogP contribution in [0, 0.1) is 5.82 Å². The number of nitrogens with one attached hydrogen (secondary N) is 1. The molecule has 158 valence electrons. The van der Waals surface area contributed by atoms with Crippen molar-refractivity contribution in [3.8, 4) is 11.5 Å². The number of likely N-dealkylation sites (N-methyl/N-ethyl adjacent to an activating group) is 1. The summed E-state index contributed by atoms with van der Waals surface area (Å²) in [6.45, 7) is 2.80. The molecule has 7 nitrogen and oxygen atoms in total. The Bertz CT molecular complexity index is 1050. The van der Waals surface area contributed by atoms with E-state index in [9.17, 15) is 4.39 Å². The maximum absolute atomic E-state index is 14.3. The number of rotatable bonds is 6. The van der Waals surface area contributed by atoms with E-state index in [0.717, 1.165) is 13.1 Å². The summed E-state index contributed by atoms with van der Waals surface area (Å²) >= 11 is 5.88. The first-order chi connectivity index (χ1) is 14.5. The second-order valence-corrected chi connectivity index (χ2v) is 7.44. The fourth-order valence-electron chi connectivity index (χ4n) is 3.31. The zero-order chi connectivity index (χ0) is 21.1. The van der Waals surface area contributed by atoms with E-state index in [2.05, 4.69) is 27.2 Å². The van der Waals surface area contributed by atoms with Gasteiger partial charge in [-0.15, -0.1) is 0 Å².